The van der Waals surface area contributed by atoms with Gasteiger partial charge >= 0.3 is 0 Å². The first-order valence-electron chi connectivity index (χ1n) is 11.9. The summed E-state index contributed by atoms with van der Waals surface area (Å²) in [5, 5.41) is 0. The Morgan fingerprint density at radius 2 is 0.750 bits per heavy atom. The Morgan fingerprint density at radius 1 is 0.357 bits per heavy atom. The van der Waals surface area contributed by atoms with Crippen molar-refractivity contribution in [2.45, 2.75) is 103 Å². The second kappa shape index (κ2) is 21.7. The summed E-state index contributed by atoms with van der Waals surface area (Å²) in [5.74, 6) is 0. The van der Waals surface area contributed by atoms with Gasteiger partial charge in [0, 0.05) is 0 Å². The second-order valence-corrected chi connectivity index (χ2v) is 7.83. The van der Waals surface area contributed by atoms with Crippen molar-refractivity contribution in [3.8, 4) is 0 Å². The minimum Gasteiger partial charge on any atom is -0.0845 e. The normalized spacial score (nSPS) is 27.4. The number of allylic oxidation sites excluding steroid dienone is 12. The minimum atomic E-state index is 1.09. The van der Waals surface area contributed by atoms with Crippen LogP contribution >= 0.6 is 0 Å². The quantitative estimate of drug-likeness (QED) is 0.393. The summed E-state index contributed by atoms with van der Waals surface area (Å²) in [6.45, 7) is 0. The molecule has 0 saturated heterocycles. The number of hydrogen-bond acceptors (Lipinski definition) is 0. The molecule has 1 aliphatic rings. The molecule has 0 unspecified atom stereocenters. The maximum Gasteiger partial charge on any atom is -0.0276 e. The molecule has 0 heterocycles. The molecule has 0 bridgehead atoms. The maximum atomic E-state index is 3.37. The zero-order valence-electron chi connectivity index (χ0n) is 18.2. The lowest BCUT2D eigenvalue weighted by molar-refractivity contribution is 0.534. The highest BCUT2D eigenvalue weighted by Gasteiger charge is 1.94. The lowest BCUT2D eigenvalue weighted by Crippen LogP contribution is -1.83. The third kappa shape index (κ3) is 19.2. The Labute approximate surface area is 175 Å². The molecule has 0 heteroatoms. The van der Waals surface area contributed by atoms with Crippen LogP contribution in [0.4, 0.5) is 0 Å². The second-order valence-electron chi connectivity index (χ2n) is 7.83. The monoisotopic (exact) mass is 379 g/mol. The predicted octanol–water partition coefficient (Wildman–Crippen LogP) is 9.38. The lowest BCUT2D eigenvalue weighted by atomic mass is 10.0. The van der Waals surface area contributed by atoms with E-state index in [4.69, 9.17) is 0 Å². The summed E-state index contributed by atoms with van der Waals surface area (Å²) in [6, 6.07) is 0. The van der Waals surface area contributed by atoms with E-state index >= 15 is 0 Å². The Kier molecular flexibility index (Phi) is 19.0. The highest BCUT2D eigenvalue weighted by Crippen LogP contribution is 2.13. The van der Waals surface area contributed by atoms with Gasteiger partial charge < -0.3 is 0 Å². The summed E-state index contributed by atoms with van der Waals surface area (Å²) < 4.78 is 0. The maximum absolute atomic E-state index is 3.37. The first-order chi connectivity index (χ1) is 14.0. The topological polar surface area (TPSA) is 0 Å². The van der Waals surface area contributed by atoms with Crippen LogP contribution < -0.4 is 0 Å². The van der Waals surface area contributed by atoms with Crippen LogP contribution in [0.25, 0.3) is 0 Å². The van der Waals surface area contributed by atoms with Gasteiger partial charge in [0.2, 0.25) is 0 Å². The third-order valence-corrected chi connectivity index (χ3v) is 5.18. The molecule has 1 rings (SSSR count). The van der Waals surface area contributed by atoms with Crippen molar-refractivity contribution in [2.75, 3.05) is 0 Å². The van der Waals surface area contributed by atoms with Crippen LogP contribution in [0.2, 0.25) is 0 Å². The standard InChI is InChI=1S/C28H43/c1-2-4-6-8-10-12-14-16-18-20-22-24-26-28-27-25-23-21-19-17-15-13-11-9-7-5-3-1/h1-11H,12,14-28H2/b2-1-,5-3-,6-4+,9-7-,10-8+,13-11?. The molecule has 0 saturated carbocycles. The van der Waals surface area contributed by atoms with Crippen molar-refractivity contribution in [3.05, 3.63) is 72.9 Å². The Morgan fingerprint density at radius 3 is 1.29 bits per heavy atom. The van der Waals surface area contributed by atoms with E-state index in [9.17, 15) is 0 Å². The third-order valence-electron chi connectivity index (χ3n) is 5.18. The van der Waals surface area contributed by atoms with Gasteiger partial charge in [0.1, 0.15) is 0 Å². The summed E-state index contributed by atoms with van der Waals surface area (Å²) in [6.07, 6.45) is 48.5. The average Bonchev–Trinajstić information content (AvgIpc) is 2.71. The molecule has 155 valence electrons. The molecule has 0 aromatic rings. The highest BCUT2D eigenvalue weighted by molar-refractivity contribution is 5.19. The summed E-state index contributed by atoms with van der Waals surface area (Å²) in [7, 11) is 0. The van der Waals surface area contributed by atoms with Crippen molar-refractivity contribution in [1.29, 1.82) is 0 Å². The number of rotatable bonds is 0. The van der Waals surface area contributed by atoms with Crippen molar-refractivity contribution >= 4 is 0 Å². The van der Waals surface area contributed by atoms with E-state index in [1.807, 2.05) is 6.08 Å². The van der Waals surface area contributed by atoms with Crippen LogP contribution in [0.3, 0.4) is 0 Å². The van der Waals surface area contributed by atoms with E-state index in [0.29, 0.717) is 0 Å². The van der Waals surface area contributed by atoms with Crippen molar-refractivity contribution < 1.29 is 0 Å². The molecule has 28 heavy (non-hydrogen) atoms. The Bertz CT molecular complexity index is 438. The SMILES string of the molecule is [C]1=C/C=C\C=C/C=C\C=C\C=C\CCCCCCCCCCCCCCCC/1. The molecular formula is C28H43. The molecule has 0 fully saturated rings. The van der Waals surface area contributed by atoms with Gasteiger partial charge in [-0.2, -0.15) is 0 Å². The molecule has 0 aromatic heterocycles. The van der Waals surface area contributed by atoms with Gasteiger partial charge in [0.05, 0.1) is 0 Å². The van der Waals surface area contributed by atoms with Crippen LogP contribution in [0.5, 0.6) is 0 Å². The van der Waals surface area contributed by atoms with E-state index in [0.717, 1.165) is 6.42 Å². The predicted molar refractivity (Wildman–Crippen MR) is 127 cm³/mol. The Hall–Kier alpha value is -1.56. The molecule has 1 aliphatic carbocycles. The fourth-order valence-corrected chi connectivity index (χ4v) is 3.44. The van der Waals surface area contributed by atoms with Gasteiger partial charge in [-0.15, -0.1) is 0 Å². The fraction of sp³-hybridized carbons (Fsp3) is 0.571. The van der Waals surface area contributed by atoms with E-state index in [1.54, 1.807) is 0 Å². The molecule has 0 aliphatic heterocycles. The van der Waals surface area contributed by atoms with Crippen molar-refractivity contribution in [1.82, 2.24) is 0 Å². The highest BCUT2D eigenvalue weighted by atomic mass is 14.0. The summed E-state index contributed by atoms with van der Waals surface area (Å²) in [4.78, 5) is 0. The summed E-state index contributed by atoms with van der Waals surface area (Å²) >= 11 is 0. The van der Waals surface area contributed by atoms with Gasteiger partial charge in [-0.1, -0.05) is 144 Å². The molecule has 0 N–H and O–H groups in total. The van der Waals surface area contributed by atoms with Crippen LogP contribution in [0.1, 0.15) is 103 Å². The minimum absolute atomic E-state index is 1.09. The zero-order chi connectivity index (χ0) is 19.8. The van der Waals surface area contributed by atoms with Gasteiger partial charge in [0.25, 0.3) is 0 Å². The van der Waals surface area contributed by atoms with Crippen LogP contribution in [-0.2, 0) is 0 Å². The average molecular weight is 380 g/mol. The molecular weight excluding hydrogens is 336 g/mol. The molecule has 0 nitrogen and oxygen atoms in total. The zero-order valence-corrected chi connectivity index (χ0v) is 18.2. The van der Waals surface area contributed by atoms with Crippen LogP contribution in [0, 0.1) is 6.08 Å². The van der Waals surface area contributed by atoms with E-state index < -0.39 is 0 Å². The first-order valence-corrected chi connectivity index (χ1v) is 11.9. The van der Waals surface area contributed by atoms with Gasteiger partial charge in [-0.3, -0.25) is 0 Å². The first kappa shape index (κ1) is 24.5. The van der Waals surface area contributed by atoms with E-state index in [2.05, 4.69) is 66.8 Å². The molecule has 0 spiro atoms. The number of hydrogen-bond donors (Lipinski definition) is 0. The van der Waals surface area contributed by atoms with Gasteiger partial charge in [-0.05, 0) is 31.8 Å². The van der Waals surface area contributed by atoms with Crippen molar-refractivity contribution in [3.63, 3.8) is 0 Å². The molecule has 0 atom stereocenters. The smallest absolute Gasteiger partial charge is 0.0276 e. The Balaban J connectivity index is 2.26. The van der Waals surface area contributed by atoms with Crippen LogP contribution in [-0.4, -0.2) is 0 Å². The van der Waals surface area contributed by atoms with Crippen molar-refractivity contribution in [2.24, 2.45) is 0 Å². The van der Waals surface area contributed by atoms with E-state index in [-0.39, 0.29) is 0 Å². The molecule has 0 amide bonds. The van der Waals surface area contributed by atoms with Gasteiger partial charge in [-0.25, -0.2) is 0 Å². The fourth-order valence-electron chi connectivity index (χ4n) is 3.44. The lowest BCUT2D eigenvalue weighted by Gasteiger charge is -2.03. The summed E-state index contributed by atoms with van der Waals surface area (Å²) in [5.41, 5.74) is 0. The van der Waals surface area contributed by atoms with E-state index in [1.165, 1.54) is 96.3 Å². The van der Waals surface area contributed by atoms with Crippen LogP contribution in [0.15, 0.2) is 66.8 Å². The largest absolute Gasteiger partial charge is 0.0845 e. The molecule has 0 aromatic carbocycles. The van der Waals surface area contributed by atoms with Gasteiger partial charge in [0.15, 0.2) is 0 Å². The molecule has 1 radical (unpaired) electrons.